The van der Waals surface area contributed by atoms with E-state index >= 15 is 0 Å². The molecule has 0 fully saturated rings. The molecule has 0 saturated carbocycles. The Labute approximate surface area is 46.4 Å². The van der Waals surface area contributed by atoms with Crippen molar-refractivity contribution in [3.63, 3.8) is 0 Å². The van der Waals surface area contributed by atoms with Crippen molar-refractivity contribution in [2.45, 2.75) is 4.71 Å². The molecule has 0 aromatic heterocycles. The summed E-state index contributed by atoms with van der Waals surface area (Å²) in [5.74, 6) is 0. The Morgan fingerprint density at radius 1 is 1.17 bits per heavy atom. The van der Waals surface area contributed by atoms with Crippen molar-refractivity contribution in [3.8, 4) is 0 Å². The van der Waals surface area contributed by atoms with Crippen LogP contribution in [0, 0.1) is 0 Å². The Balaban J connectivity index is 2.60. The molecule has 0 saturated heterocycles. The number of rotatable bonds is 0. The monoisotopic (exact) mass is 140 g/mol. The zero-order valence-electron chi connectivity index (χ0n) is 3.33. The topological polar surface area (TPSA) is 0 Å². The summed E-state index contributed by atoms with van der Waals surface area (Å²) in [5, 5.41) is 0. The van der Waals surface area contributed by atoms with Crippen molar-refractivity contribution < 1.29 is 0 Å². The van der Waals surface area contributed by atoms with Crippen LogP contribution in [-0.2, 0) is 0 Å². The van der Waals surface area contributed by atoms with Gasteiger partial charge < -0.3 is 0 Å². The molecule has 2 radical (unpaired) electrons. The number of allylic oxidation sites excluding steroid dienone is 4. The van der Waals surface area contributed by atoms with Gasteiger partial charge >= 0.3 is 45.9 Å². The third-order valence-electron chi connectivity index (χ3n) is 0.728. The van der Waals surface area contributed by atoms with Crippen LogP contribution in [0.3, 0.4) is 0 Å². The molecule has 0 N–H and O–H groups in total. The van der Waals surface area contributed by atoms with Crippen LogP contribution in [-0.4, -0.2) is 16.9 Å². The molecule has 1 aliphatic carbocycles. The number of hydrogen-bond donors (Lipinski definition) is 0. The van der Waals surface area contributed by atoms with Crippen molar-refractivity contribution in [1.82, 2.24) is 0 Å². The van der Waals surface area contributed by atoms with E-state index in [1.54, 1.807) is 0 Å². The Bertz CT molecular complexity index is 80.1. The van der Waals surface area contributed by atoms with Gasteiger partial charge in [0.1, 0.15) is 0 Å². The van der Waals surface area contributed by atoms with E-state index in [0.717, 1.165) is 0 Å². The van der Waals surface area contributed by atoms with E-state index in [4.69, 9.17) is 0 Å². The van der Waals surface area contributed by atoms with Crippen molar-refractivity contribution in [2.24, 2.45) is 0 Å². The molecular formula is C5H5As. The van der Waals surface area contributed by atoms with E-state index in [1.807, 2.05) is 0 Å². The Morgan fingerprint density at radius 2 is 1.67 bits per heavy atom. The van der Waals surface area contributed by atoms with Crippen LogP contribution in [0.1, 0.15) is 0 Å². The molecule has 0 nitrogen and oxygen atoms in total. The standard InChI is InChI=1S/C5H5As/c6-5-3-1-2-4-5/h1-5H. The predicted molar refractivity (Wildman–Crippen MR) is 27.8 cm³/mol. The maximum atomic E-state index is 2.57. The van der Waals surface area contributed by atoms with Gasteiger partial charge in [-0.2, -0.15) is 0 Å². The van der Waals surface area contributed by atoms with Gasteiger partial charge in [0.15, 0.2) is 0 Å². The molecular weight excluding hydrogens is 135 g/mol. The first-order chi connectivity index (χ1) is 2.89. The zero-order valence-corrected chi connectivity index (χ0v) is 5.21. The summed E-state index contributed by atoms with van der Waals surface area (Å²) in [6, 6.07) is 0. The first kappa shape index (κ1) is 4.20. The van der Waals surface area contributed by atoms with Crippen molar-refractivity contribution >= 4 is 16.9 Å². The van der Waals surface area contributed by atoms with E-state index in [9.17, 15) is 0 Å². The molecule has 1 rings (SSSR count). The fraction of sp³-hybridized carbons (Fsp3) is 0.200. The fourth-order valence-electron chi connectivity index (χ4n) is 0.420. The van der Waals surface area contributed by atoms with Crippen LogP contribution < -0.4 is 0 Å². The molecule has 0 aromatic rings. The summed E-state index contributed by atoms with van der Waals surface area (Å²) in [4.78, 5) is 0. The third kappa shape index (κ3) is 0.753. The Hall–Kier alpha value is 0.0384. The van der Waals surface area contributed by atoms with E-state index in [-0.39, 0.29) is 0 Å². The molecule has 1 heteroatoms. The molecule has 0 heterocycles. The molecule has 0 bridgehead atoms. The third-order valence-corrected chi connectivity index (χ3v) is 1.45. The SMILES string of the molecule is [As]C1C=CC=C1. The molecule has 30 valence electrons. The maximum absolute atomic E-state index is 2.57. The molecule has 0 atom stereocenters. The van der Waals surface area contributed by atoms with Crippen molar-refractivity contribution in [2.75, 3.05) is 0 Å². The minimum atomic E-state index is 0.623. The first-order valence-electron chi connectivity index (χ1n) is 1.92. The molecule has 0 spiro atoms. The van der Waals surface area contributed by atoms with E-state index in [0.29, 0.717) is 4.71 Å². The average Bonchev–Trinajstić information content (AvgIpc) is 1.86. The van der Waals surface area contributed by atoms with Crippen molar-refractivity contribution in [3.05, 3.63) is 24.3 Å². The summed E-state index contributed by atoms with van der Waals surface area (Å²) in [6.07, 6.45) is 8.39. The summed E-state index contributed by atoms with van der Waals surface area (Å²) in [5.41, 5.74) is 0. The summed E-state index contributed by atoms with van der Waals surface area (Å²) >= 11 is 2.57. The van der Waals surface area contributed by atoms with Crippen LogP contribution in [0.25, 0.3) is 0 Å². The zero-order chi connectivity index (χ0) is 4.41. The fourth-order valence-corrected chi connectivity index (χ4v) is 0.837. The van der Waals surface area contributed by atoms with Gasteiger partial charge in [0, 0.05) is 0 Å². The second-order valence-corrected chi connectivity index (χ2v) is 2.51. The van der Waals surface area contributed by atoms with E-state index < -0.39 is 0 Å². The van der Waals surface area contributed by atoms with Crippen molar-refractivity contribution in [1.29, 1.82) is 0 Å². The van der Waals surface area contributed by atoms with Gasteiger partial charge in [-0.25, -0.2) is 0 Å². The van der Waals surface area contributed by atoms with Gasteiger partial charge in [-0.05, 0) is 0 Å². The van der Waals surface area contributed by atoms with Gasteiger partial charge in [-0.1, -0.05) is 0 Å². The van der Waals surface area contributed by atoms with E-state index in [2.05, 4.69) is 41.2 Å². The van der Waals surface area contributed by atoms with Crippen LogP contribution in [0.15, 0.2) is 24.3 Å². The van der Waals surface area contributed by atoms with Crippen LogP contribution in [0.5, 0.6) is 0 Å². The van der Waals surface area contributed by atoms with Crippen LogP contribution >= 0.6 is 0 Å². The Kier molecular flexibility index (Phi) is 1.16. The van der Waals surface area contributed by atoms with E-state index in [1.165, 1.54) is 0 Å². The molecule has 0 amide bonds. The second-order valence-electron chi connectivity index (χ2n) is 1.26. The minimum absolute atomic E-state index is 0.623. The normalized spacial score (nSPS) is 20.2. The quantitative estimate of drug-likeness (QED) is 0.441. The van der Waals surface area contributed by atoms with Crippen LogP contribution in [0.2, 0.25) is 4.71 Å². The predicted octanol–water partition coefficient (Wildman–Crippen LogP) is 1.07. The van der Waals surface area contributed by atoms with Gasteiger partial charge in [-0.15, -0.1) is 0 Å². The molecule has 0 aromatic carbocycles. The first-order valence-corrected chi connectivity index (χ1v) is 3.01. The molecule has 0 unspecified atom stereocenters. The molecule has 6 heavy (non-hydrogen) atoms. The summed E-state index contributed by atoms with van der Waals surface area (Å²) in [7, 11) is 0. The van der Waals surface area contributed by atoms with Gasteiger partial charge in [0.2, 0.25) is 0 Å². The van der Waals surface area contributed by atoms with Gasteiger partial charge in [0.25, 0.3) is 0 Å². The van der Waals surface area contributed by atoms with Gasteiger partial charge in [-0.3, -0.25) is 0 Å². The molecule has 0 aliphatic heterocycles. The summed E-state index contributed by atoms with van der Waals surface area (Å²) in [6.45, 7) is 0. The van der Waals surface area contributed by atoms with Gasteiger partial charge in [0.05, 0.1) is 0 Å². The van der Waals surface area contributed by atoms with Crippen LogP contribution in [0.4, 0.5) is 0 Å². The average molecular weight is 140 g/mol. The summed E-state index contributed by atoms with van der Waals surface area (Å²) < 4.78 is 0.623. The Morgan fingerprint density at radius 3 is 1.83 bits per heavy atom. The number of hydrogen-bond acceptors (Lipinski definition) is 0. The molecule has 1 aliphatic rings. The second kappa shape index (κ2) is 1.66.